The van der Waals surface area contributed by atoms with Crippen LogP contribution in [0.4, 0.5) is 5.69 Å². The van der Waals surface area contributed by atoms with Crippen LogP contribution in [0.15, 0.2) is 54.6 Å². The Labute approximate surface area is 167 Å². The van der Waals surface area contributed by atoms with Gasteiger partial charge in [0.15, 0.2) is 6.61 Å². The highest BCUT2D eigenvalue weighted by Gasteiger charge is 2.17. The molecule has 0 aromatic heterocycles. The molecule has 0 spiro atoms. The molecular weight excluding hydrogens is 382 g/mol. The van der Waals surface area contributed by atoms with Gasteiger partial charge in [0.25, 0.3) is 5.91 Å². The van der Waals surface area contributed by atoms with Crippen LogP contribution in [0.3, 0.4) is 0 Å². The minimum atomic E-state index is -0.657. The summed E-state index contributed by atoms with van der Waals surface area (Å²) < 4.78 is 15.6. The van der Waals surface area contributed by atoms with Gasteiger partial charge in [-0.15, -0.1) is 0 Å². The fourth-order valence-corrected chi connectivity index (χ4v) is 2.89. The molecule has 0 saturated heterocycles. The number of hydrogen-bond donors (Lipinski definition) is 1. The molecule has 0 aliphatic rings. The van der Waals surface area contributed by atoms with Crippen LogP contribution in [-0.4, -0.2) is 32.7 Å². The van der Waals surface area contributed by atoms with Crippen LogP contribution in [0.2, 0.25) is 5.02 Å². The summed E-state index contributed by atoms with van der Waals surface area (Å²) in [5.74, 6) is -0.356. The maximum atomic E-state index is 12.5. The number of rotatable bonds is 6. The average Bonchev–Trinajstić information content (AvgIpc) is 2.71. The van der Waals surface area contributed by atoms with Crippen LogP contribution in [-0.2, 0) is 9.53 Å². The fraction of sp³-hybridized carbons (Fsp3) is 0.143. The minimum absolute atomic E-state index is 0.245. The standard InChI is InChI=1S/C21H18ClNO5/c1-26-18-8-7-15(22)11-17(18)23-20(24)12-28-21(25)16-9-13-5-3-4-6-14(13)10-19(16)27-2/h3-11H,12H2,1-2H3,(H,23,24). The maximum absolute atomic E-state index is 12.5. The van der Waals surface area contributed by atoms with Gasteiger partial charge < -0.3 is 19.5 Å². The van der Waals surface area contributed by atoms with E-state index in [1.807, 2.05) is 24.3 Å². The smallest absolute Gasteiger partial charge is 0.342 e. The van der Waals surface area contributed by atoms with Crippen LogP contribution in [0.1, 0.15) is 10.4 Å². The first-order valence-corrected chi connectivity index (χ1v) is 8.77. The zero-order valence-electron chi connectivity index (χ0n) is 15.3. The summed E-state index contributed by atoms with van der Waals surface area (Å²) in [5, 5.41) is 4.85. The van der Waals surface area contributed by atoms with E-state index in [1.54, 1.807) is 30.3 Å². The molecule has 1 amide bonds. The zero-order chi connectivity index (χ0) is 20.1. The molecule has 0 bridgehead atoms. The number of ether oxygens (including phenoxy) is 3. The molecule has 28 heavy (non-hydrogen) atoms. The quantitative estimate of drug-likeness (QED) is 0.625. The van der Waals surface area contributed by atoms with Crippen LogP contribution in [0.5, 0.6) is 11.5 Å². The summed E-state index contributed by atoms with van der Waals surface area (Å²) in [6.07, 6.45) is 0. The maximum Gasteiger partial charge on any atom is 0.342 e. The lowest BCUT2D eigenvalue weighted by Crippen LogP contribution is -2.21. The van der Waals surface area contributed by atoms with E-state index in [-0.39, 0.29) is 5.56 Å². The molecule has 0 radical (unpaired) electrons. The SMILES string of the molecule is COc1ccc(Cl)cc1NC(=O)COC(=O)c1cc2ccccc2cc1OC. The fourth-order valence-electron chi connectivity index (χ4n) is 2.72. The van der Waals surface area contributed by atoms with Crippen molar-refractivity contribution < 1.29 is 23.8 Å². The molecule has 144 valence electrons. The molecule has 0 unspecified atom stereocenters. The highest BCUT2D eigenvalue weighted by molar-refractivity contribution is 6.31. The normalized spacial score (nSPS) is 10.4. The number of fused-ring (bicyclic) bond motifs is 1. The third-order valence-corrected chi connectivity index (χ3v) is 4.29. The van der Waals surface area contributed by atoms with Crippen molar-refractivity contribution in [2.24, 2.45) is 0 Å². The molecule has 3 aromatic rings. The Morgan fingerprint density at radius 2 is 1.61 bits per heavy atom. The Balaban J connectivity index is 1.71. The van der Waals surface area contributed by atoms with Crippen molar-refractivity contribution in [3.05, 3.63) is 65.2 Å². The number of benzene rings is 3. The molecule has 3 rings (SSSR count). The van der Waals surface area contributed by atoms with E-state index in [2.05, 4.69) is 5.32 Å². The number of anilines is 1. The highest BCUT2D eigenvalue weighted by Crippen LogP contribution is 2.28. The summed E-state index contributed by atoms with van der Waals surface area (Å²) >= 11 is 5.94. The summed E-state index contributed by atoms with van der Waals surface area (Å²) in [5.41, 5.74) is 0.633. The summed E-state index contributed by atoms with van der Waals surface area (Å²) in [6.45, 7) is -0.468. The van der Waals surface area contributed by atoms with Gasteiger partial charge in [0.2, 0.25) is 0 Å². The molecule has 7 heteroatoms. The van der Waals surface area contributed by atoms with Crippen molar-refractivity contribution >= 4 is 39.9 Å². The van der Waals surface area contributed by atoms with Gasteiger partial charge in [0, 0.05) is 5.02 Å². The Hall–Kier alpha value is -3.25. The number of nitrogens with one attached hydrogen (secondary N) is 1. The van der Waals surface area contributed by atoms with Crippen molar-refractivity contribution in [3.8, 4) is 11.5 Å². The molecule has 0 atom stereocenters. The van der Waals surface area contributed by atoms with Crippen molar-refractivity contribution in [1.29, 1.82) is 0 Å². The van der Waals surface area contributed by atoms with Gasteiger partial charge in [0.05, 0.1) is 19.9 Å². The lowest BCUT2D eigenvalue weighted by molar-refractivity contribution is -0.119. The molecule has 0 aliphatic heterocycles. The molecular formula is C21H18ClNO5. The second-order valence-electron chi connectivity index (χ2n) is 5.87. The van der Waals surface area contributed by atoms with E-state index < -0.39 is 18.5 Å². The second-order valence-corrected chi connectivity index (χ2v) is 6.30. The highest BCUT2D eigenvalue weighted by atomic mass is 35.5. The number of carbonyl (C=O) groups is 2. The number of esters is 1. The zero-order valence-corrected chi connectivity index (χ0v) is 16.1. The van der Waals surface area contributed by atoms with E-state index in [0.717, 1.165) is 10.8 Å². The van der Waals surface area contributed by atoms with Crippen molar-refractivity contribution in [2.75, 3.05) is 26.1 Å². The molecule has 1 N–H and O–H groups in total. The first-order chi connectivity index (χ1) is 13.5. The van der Waals surface area contributed by atoms with Gasteiger partial charge in [-0.3, -0.25) is 4.79 Å². The van der Waals surface area contributed by atoms with Gasteiger partial charge in [-0.25, -0.2) is 4.79 Å². The van der Waals surface area contributed by atoms with Gasteiger partial charge in [-0.1, -0.05) is 35.9 Å². The molecule has 0 fully saturated rings. The van der Waals surface area contributed by atoms with Gasteiger partial charge >= 0.3 is 5.97 Å². The molecule has 3 aromatic carbocycles. The third kappa shape index (κ3) is 4.35. The third-order valence-electron chi connectivity index (χ3n) is 4.06. The number of carbonyl (C=O) groups excluding carboxylic acids is 2. The second kappa shape index (κ2) is 8.63. The van der Waals surface area contributed by atoms with Crippen LogP contribution in [0, 0.1) is 0 Å². The van der Waals surface area contributed by atoms with Crippen molar-refractivity contribution in [1.82, 2.24) is 0 Å². The number of amides is 1. The lowest BCUT2D eigenvalue weighted by atomic mass is 10.1. The van der Waals surface area contributed by atoms with E-state index in [4.69, 9.17) is 25.8 Å². The number of methoxy groups -OCH3 is 2. The van der Waals surface area contributed by atoms with Gasteiger partial charge in [0.1, 0.15) is 17.1 Å². The van der Waals surface area contributed by atoms with E-state index in [9.17, 15) is 9.59 Å². The number of halogens is 1. The Bertz CT molecular complexity index is 1030. The molecule has 0 saturated carbocycles. The first kappa shape index (κ1) is 19.5. The average molecular weight is 400 g/mol. The van der Waals surface area contributed by atoms with E-state index in [1.165, 1.54) is 14.2 Å². The topological polar surface area (TPSA) is 73.9 Å². The molecule has 0 aliphatic carbocycles. The van der Waals surface area contributed by atoms with Crippen molar-refractivity contribution in [2.45, 2.75) is 0 Å². The van der Waals surface area contributed by atoms with Crippen LogP contribution >= 0.6 is 11.6 Å². The largest absolute Gasteiger partial charge is 0.496 e. The van der Waals surface area contributed by atoms with Gasteiger partial charge in [-0.2, -0.15) is 0 Å². The predicted molar refractivity (Wildman–Crippen MR) is 107 cm³/mol. The summed E-state index contributed by atoms with van der Waals surface area (Å²) in [6, 6.07) is 15.8. The Morgan fingerprint density at radius 3 is 2.29 bits per heavy atom. The first-order valence-electron chi connectivity index (χ1n) is 8.39. The predicted octanol–water partition coefficient (Wildman–Crippen LogP) is 4.31. The summed E-state index contributed by atoms with van der Waals surface area (Å²) in [4.78, 5) is 24.7. The lowest BCUT2D eigenvalue weighted by Gasteiger charge is -2.12. The molecule has 6 nitrogen and oxygen atoms in total. The van der Waals surface area contributed by atoms with Gasteiger partial charge in [-0.05, 0) is 41.1 Å². The minimum Gasteiger partial charge on any atom is -0.496 e. The Kier molecular flexibility index (Phi) is 6.01. The van der Waals surface area contributed by atoms with Crippen LogP contribution < -0.4 is 14.8 Å². The van der Waals surface area contributed by atoms with Crippen LogP contribution in [0.25, 0.3) is 10.8 Å². The van der Waals surface area contributed by atoms with E-state index >= 15 is 0 Å². The summed E-state index contributed by atoms with van der Waals surface area (Å²) in [7, 11) is 2.95. The monoisotopic (exact) mass is 399 g/mol. The Morgan fingerprint density at radius 1 is 0.929 bits per heavy atom. The number of hydrogen-bond acceptors (Lipinski definition) is 5. The van der Waals surface area contributed by atoms with E-state index in [0.29, 0.717) is 22.2 Å². The molecule has 0 heterocycles. The van der Waals surface area contributed by atoms with Crippen molar-refractivity contribution in [3.63, 3.8) is 0 Å².